The number of halogens is 2. The zero-order chi connectivity index (χ0) is 40.7. The minimum absolute atomic E-state index is 0.0749. The summed E-state index contributed by atoms with van der Waals surface area (Å²) in [6.45, 7) is 22.3. The molecule has 0 aliphatic carbocycles. The number of alkyl halides is 2. The molecule has 2 heterocycles. The van der Waals surface area contributed by atoms with Crippen molar-refractivity contribution in [3.05, 3.63) is 129 Å². The average Bonchev–Trinajstić information content (AvgIpc) is 3.18. The van der Waals surface area contributed by atoms with Crippen LogP contribution in [0.1, 0.15) is 69.9 Å². The SMILES string of the molecule is C=C1C(=O)N(c2cc(C)c(C)c(OC)c2)[C@H]1c1ccc(C)c(O)c1.C=C1C(=O)N(c2cc(C)c(C)c(OC)c2)[C@H]1c1ccc(C)c(OCCCl)c1.CCCBr. The molecule has 1 N–H and O–H groups in total. The number of carbonyl (C=O) groups is 2. The summed E-state index contributed by atoms with van der Waals surface area (Å²) in [5, 5.41) is 11.1. The lowest BCUT2D eigenvalue weighted by atomic mass is 9.87. The van der Waals surface area contributed by atoms with Crippen LogP contribution in [0.15, 0.2) is 85.0 Å². The molecular formula is C45H52BrClN2O6. The monoisotopic (exact) mass is 830 g/mol. The van der Waals surface area contributed by atoms with Gasteiger partial charge < -0.3 is 19.3 Å². The molecule has 0 spiro atoms. The molecule has 0 unspecified atom stereocenters. The van der Waals surface area contributed by atoms with Crippen molar-refractivity contribution in [2.45, 2.75) is 67.0 Å². The van der Waals surface area contributed by atoms with Gasteiger partial charge in [-0.15, -0.1) is 11.6 Å². The van der Waals surface area contributed by atoms with Gasteiger partial charge in [0.15, 0.2) is 0 Å². The molecule has 2 aliphatic rings. The number of carbonyl (C=O) groups excluding carboxylic acids is 2. The van der Waals surface area contributed by atoms with Crippen LogP contribution in [0, 0.1) is 41.5 Å². The van der Waals surface area contributed by atoms with Crippen LogP contribution in [-0.4, -0.2) is 49.0 Å². The number of rotatable bonds is 10. The lowest BCUT2D eigenvalue weighted by molar-refractivity contribution is -0.119. The lowest BCUT2D eigenvalue weighted by Gasteiger charge is -2.43. The number of methoxy groups -OCH3 is 2. The molecular weight excluding hydrogens is 780 g/mol. The van der Waals surface area contributed by atoms with Crippen LogP contribution >= 0.6 is 27.5 Å². The van der Waals surface area contributed by atoms with Crippen LogP contribution in [-0.2, 0) is 9.59 Å². The van der Waals surface area contributed by atoms with Crippen molar-refractivity contribution in [3.63, 3.8) is 0 Å². The normalized spacial score (nSPS) is 16.0. The number of phenols is 1. The summed E-state index contributed by atoms with van der Waals surface area (Å²) in [4.78, 5) is 28.5. The first kappa shape index (κ1) is 43.0. The minimum Gasteiger partial charge on any atom is -0.508 e. The van der Waals surface area contributed by atoms with E-state index in [4.69, 9.17) is 25.8 Å². The molecule has 0 radical (unpaired) electrons. The Morgan fingerprint density at radius 2 is 1.13 bits per heavy atom. The van der Waals surface area contributed by atoms with Crippen molar-refractivity contribution < 1.29 is 28.9 Å². The Kier molecular flexibility index (Phi) is 14.7. The third kappa shape index (κ3) is 9.05. The van der Waals surface area contributed by atoms with Crippen molar-refractivity contribution in [2.75, 3.05) is 41.8 Å². The van der Waals surface area contributed by atoms with Crippen LogP contribution in [0.4, 0.5) is 11.4 Å². The van der Waals surface area contributed by atoms with Gasteiger partial charge in [-0.1, -0.05) is 60.3 Å². The molecule has 8 nitrogen and oxygen atoms in total. The van der Waals surface area contributed by atoms with Crippen molar-refractivity contribution in [2.24, 2.45) is 0 Å². The Balaban J connectivity index is 0.000000224. The second-order valence-corrected chi connectivity index (χ2v) is 14.9. The Bertz CT molecular complexity index is 2090. The van der Waals surface area contributed by atoms with Gasteiger partial charge in [-0.25, -0.2) is 0 Å². The molecule has 4 aromatic carbocycles. The van der Waals surface area contributed by atoms with E-state index in [0.717, 1.165) is 78.5 Å². The molecule has 4 aromatic rings. The van der Waals surface area contributed by atoms with E-state index >= 15 is 0 Å². The Hall–Kier alpha value is -4.73. The van der Waals surface area contributed by atoms with E-state index in [2.05, 4.69) is 36.0 Å². The predicted molar refractivity (Wildman–Crippen MR) is 228 cm³/mol. The second kappa shape index (κ2) is 18.7. The van der Waals surface area contributed by atoms with E-state index in [9.17, 15) is 14.7 Å². The Morgan fingerprint density at radius 1 is 0.691 bits per heavy atom. The minimum atomic E-state index is -0.268. The topological polar surface area (TPSA) is 88.5 Å². The standard InChI is InChI=1S/C22H24ClNO3.C20H21NO3.C3H7Br/c1-13-6-7-17(11-19(13)27-9-8-23)21-16(4)22(25)24(21)18-10-14(2)15(3)20(12-18)26-5;1-11-6-7-15(9-17(11)22)19-14(4)20(23)21(19)16-8-12(2)13(3)18(10-16)24-5;1-2-3-4/h6-7,10-12,21H,4,8-9H2,1-3,5H3;6-10,19,22H,4H2,1-3,5H3;2-3H2,1H3/t21-;19-;/m11./s1. The van der Waals surface area contributed by atoms with E-state index < -0.39 is 0 Å². The van der Waals surface area contributed by atoms with Gasteiger partial charge in [0.05, 0.1) is 32.2 Å². The second-order valence-electron chi connectivity index (χ2n) is 13.7. The summed E-state index contributed by atoms with van der Waals surface area (Å²) < 4.78 is 16.6. The summed E-state index contributed by atoms with van der Waals surface area (Å²) >= 11 is 8.99. The maximum atomic E-state index is 12.6. The summed E-state index contributed by atoms with van der Waals surface area (Å²) in [6.07, 6.45) is 1.24. The highest BCUT2D eigenvalue weighted by Gasteiger charge is 2.44. The number of nitrogens with zero attached hydrogens (tertiary/aromatic N) is 2. The van der Waals surface area contributed by atoms with Gasteiger partial charge in [0.1, 0.15) is 29.6 Å². The maximum absolute atomic E-state index is 12.6. The quantitative estimate of drug-likeness (QED) is 0.0973. The fourth-order valence-corrected chi connectivity index (χ4v) is 6.47. The number of hydrogen-bond donors (Lipinski definition) is 1. The van der Waals surface area contributed by atoms with Crippen LogP contribution in [0.3, 0.4) is 0 Å². The highest BCUT2D eigenvalue weighted by atomic mass is 79.9. The van der Waals surface area contributed by atoms with Crippen molar-refractivity contribution in [1.29, 1.82) is 0 Å². The number of hydrogen-bond acceptors (Lipinski definition) is 6. The largest absolute Gasteiger partial charge is 0.508 e. The fraction of sp³-hybridized carbons (Fsp3) is 0.333. The first-order valence-corrected chi connectivity index (χ1v) is 19.8. The van der Waals surface area contributed by atoms with Gasteiger partial charge in [-0.3, -0.25) is 19.4 Å². The number of amides is 2. The Labute approximate surface area is 339 Å². The third-order valence-electron chi connectivity index (χ3n) is 9.97. The smallest absolute Gasteiger partial charge is 0.256 e. The molecule has 0 bridgehead atoms. The molecule has 10 heteroatoms. The van der Waals surface area contributed by atoms with Crippen LogP contribution in [0.5, 0.6) is 23.0 Å². The molecule has 2 aliphatic heterocycles. The van der Waals surface area contributed by atoms with E-state index in [1.54, 1.807) is 30.1 Å². The van der Waals surface area contributed by atoms with Crippen molar-refractivity contribution in [3.8, 4) is 23.0 Å². The summed E-state index contributed by atoms with van der Waals surface area (Å²) in [5.41, 5.74) is 10.6. The first-order chi connectivity index (χ1) is 26.1. The van der Waals surface area contributed by atoms with Crippen LogP contribution in [0.2, 0.25) is 0 Å². The van der Waals surface area contributed by atoms with Crippen molar-refractivity contribution in [1.82, 2.24) is 0 Å². The van der Waals surface area contributed by atoms with E-state index in [-0.39, 0.29) is 29.6 Å². The van der Waals surface area contributed by atoms with Crippen molar-refractivity contribution >= 4 is 50.7 Å². The predicted octanol–water partition coefficient (Wildman–Crippen LogP) is 10.6. The maximum Gasteiger partial charge on any atom is 0.256 e. The number of ether oxygens (including phenoxy) is 3. The number of aryl methyl sites for hydroxylation is 4. The highest BCUT2D eigenvalue weighted by molar-refractivity contribution is 9.09. The van der Waals surface area contributed by atoms with E-state index in [1.807, 2.05) is 96.1 Å². The molecule has 2 saturated heterocycles. The highest BCUT2D eigenvalue weighted by Crippen LogP contribution is 2.46. The van der Waals surface area contributed by atoms with Crippen LogP contribution in [0.25, 0.3) is 0 Å². The molecule has 6 rings (SSSR count). The third-order valence-corrected chi connectivity index (χ3v) is 10.9. The summed E-state index contributed by atoms with van der Waals surface area (Å²) in [5.74, 6) is 2.76. The number of aromatic hydroxyl groups is 1. The van der Waals surface area contributed by atoms with Gasteiger partial charge in [-0.2, -0.15) is 0 Å². The van der Waals surface area contributed by atoms with Gasteiger partial charge in [0, 0.05) is 40.0 Å². The number of benzene rings is 4. The van der Waals surface area contributed by atoms with Gasteiger partial charge in [0.25, 0.3) is 11.8 Å². The zero-order valence-electron chi connectivity index (χ0n) is 33.3. The molecule has 2 atom stereocenters. The molecule has 55 heavy (non-hydrogen) atoms. The molecule has 2 fully saturated rings. The Morgan fingerprint density at radius 3 is 1.53 bits per heavy atom. The lowest BCUT2D eigenvalue weighted by Crippen LogP contribution is -2.48. The van der Waals surface area contributed by atoms with E-state index in [0.29, 0.717) is 23.6 Å². The summed E-state index contributed by atoms with van der Waals surface area (Å²) in [7, 11) is 3.26. The van der Waals surface area contributed by atoms with E-state index in [1.165, 1.54) is 6.42 Å². The summed E-state index contributed by atoms with van der Waals surface area (Å²) in [6, 6.07) is 18.7. The molecule has 292 valence electrons. The molecule has 0 aromatic heterocycles. The van der Waals surface area contributed by atoms with Crippen LogP contribution < -0.4 is 24.0 Å². The number of β-lactam (4-membered cyclic amide) rings is 2. The van der Waals surface area contributed by atoms with Gasteiger partial charge in [0.2, 0.25) is 0 Å². The van der Waals surface area contributed by atoms with Gasteiger partial charge >= 0.3 is 0 Å². The fourth-order valence-electron chi connectivity index (χ4n) is 6.40. The zero-order valence-corrected chi connectivity index (χ0v) is 35.7. The molecule has 2 amide bonds. The number of phenolic OH excluding ortho intramolecular Hbond substituents is 1. The first-order valence-electron chi connectivity index (χ1n) is 18.1. The molecule has 0 saturated carbocycles. The van der Waals surface area contributed by atoms with Gasteiger partial charge in [-0.05, 0) is 117 Å². The average molecular weight is 832 g/mol. The number of anilines is 2.